The summed E-state index contributed by atoms with van der Waals surface area (Å²) in [6.45, 7) is 0. The van der Waals surface area contributed by atoms with Crippen LogP contribution in [0.2, 0.25) is 0 Å². The molecular formula is C10H4F7N3. The molecule has 0 aromatic carbocycles. The molecule has 0 fully saturated rings. The van der Waals surface area contributed by atoms with Gasteiger partial charge in [-0.05, 0) is 0 Å². The molecule has 0 unspecified atom stereocenters. The second kappa shape index (κ2) is 6.17. The van der Waals surface area contributed by atoms with Crippen molar-refractivity contribution in [1.29, 1.82) is 0 Å². The Morgan fingerprint density at radius 2 is 0.950 bits per heavy atom. The number of anilines is 1. The highest BCUT2D eigenvalue weighted by Crippen LogP contribution is 2.10. The van der Waals surface area contributed by atoms with E-state index < -0.39 is 46.9 Å². The molecular weight excluding hydrogens is 295 g/mol. The second-order valence-corrected chi connectivity index (χ2v) is 3.16. The molecule has 0 amide bonds. The summed E-state index contributed by atoms with van der Waals surface area (Å²) in [6.07, 6.45) is 0. The number of hydrogen-bond acceptors (Lipinski definition) is 3. The summed E-state index contributed by atoms with van der Waals surface area (Å²) < 4.78 is 83.8. The highest BCUT2D eigenvalue weighted by atomic mass is 19.2. The first-order valence-corrected chi connectivity index (χ1v) is 4.66. The molecule has 0 aliphatic carbocycles. The summed E-state index contributed by atoms with van der Waals surface area (Å²) in [6, 6.07) is 0.440. The number of halogens is 7. The zero-order valence-electron chi connectivity index (χ0n) is 9.27. The zero-order chi connectivity index (χ0) is 15.4. The Balaban J connectivity index is 0.000000200. The van der Waals surface area contributed by atoms with Gasteiger partial charge >= 0.3 is 0 Å². The fourth-order valence-corrected chi connectivity index (χ4v) is 0.881. The van der Waals surface area contributed by atoms with Crippen molar-refractivity contribution in [3.63, 3.8) is 0 Å². The van der Waals surface area contributed by atoms with Gasteiger partial charge in [0.05, 0.1) is 0 Å². The van der Waals surface area contributed by atoms with Gasteiger partial charge in [-0.1, -0.05) is 0 Å². The quantitative estimate of drug-likeness (QED) is 0.601. The molecule has 0 spiro atoms. The SMILES string of the molecule is Fc1cc(F)c(F)nc1F.Nc1nc(F)c(F)cc1F. The van der Waals surface area contributed by atoms with Crippen molar-refractivity contribution in [3.8, 4) is 0 Å². The standard InChI is InChI=1S/C5HF4N.C5H3F3N2/c2*6-2-1-3(7)5(9)10-4(2)8/h1H;1H,(H2,9,10). The summed E-state index contributed by atoms with van der Waals surface area (Å²) in [5, 5.41) is 0. The van der Waals surface area contributed by atoms with Gasteiger partial charge in [0, 0.05) is 12.1 Å². The fourth-order valence-electron chi connectivity index (χ4n) is 0.881. The minimum Gasteiger partial charge on any atom is -0.381 e. The fraction of sp³-hybridized carbons (Fsp3) is 0. The van der Waals surface area contributed by atoms with Crippen molar-refractivity contribution in [2.45, 2.75) is 0 Å². The van der Waals surface area contributed by atoms with Crippen molar-refractivity contribution in [1.82, 2.24) is 9.97 Å². The van der Waals surface area contributed by atoms with Crippen LogP contribution in [-0.4, -0.2) is 9.97 Å². The van der Waals surface area contributed by atoms with Crippen molar-refractivity contribution in [2.75, 3.05) is 5.73 Å². The van der Waals surface area contributed by atoms with Crippen LogP contribution < -0.4 is 5.73 Å². The number of hydrogen-bond donors (Lipinski definition) is 1. The molecule has 0 aliphatic heterocycles. The number of rotatable bonds is 0. The van der Waals surface area contributed by atoms with E-state index in [9.17, 15) is 30.7 Å². The minimum atomic E-state index is -1.64. The normalized spacial score (nSPS) is 9.95. The molecule has 0 saturated carbocycles. The zero-order valence-corrected chi connectivity index (χ0v) is 9.27. The van der Waals surface area contributed by atoms with E-state index in [4.69, 9.17) is 5.73 Å². The van der Waals surface area contributed by atoms with Gasteiger partial charge in [0.1, 0.15) is 0 Å². The van der Waals surface area contributed by atoms with E-state index >= 15 is 0 Å². The molecule has 0 aliphatic rings. The number of nitrogens with two attached hydrogens (primary N) is 1. The Bertz CT molecular complexity index is 477. The van der Waals surface area contributed by atoms with E-state index in [1.54, 1.807) is 0 Å². The van der Waals surface area contributed by atoms with E-state index in [1.807, 2.05) is 0 Å². The van der Waals surface area contributed by atoms with Crippen LogP contribution in [0.25, 0.3) is 0 Å². The molecule has 3 nitrogen and oxygen atoms in total. The monoisotopic (exact) mass is 299 g/mol. The molecule has 108 valence electrons. The number of nitrogens with zero attached hydrogens (tertiary/aromatic N) is 2. The topological polar surface area (TPSA) is 51.8 Å². The molecule has 0 saturated heterocycles. The molecule has 20 heavy (non-hydrogen) atoms. The van der Waals surface area contributed by atoms with Gasteiger partial charge in [0.2, 0.25) is 0 Å². The lowest BCUT2D eigenvalue weighted by Crippen LogP contribution is -1.99. The minimum absolute atomic E-state index is 0.0949. The van der Waals surface area contributed by atoms with E-state index in [1.165, 1.54) is 0 Å². The smallest absolute Gasteiger partial charge is 0.251 e. The molecule has 2 N–H and O–H groups in total. The van der Waals surface area contributed by atoms with E-state index in [0.717, 1.165) is 0 Å². The maximum Gasteiger partial charge on any atom is 0.251 e. The van der Waals surface area contributed by atoms with Crippen LogP contribution >= 0.6 is 0 Å². The Morgan fingerprint density at radius 3 is 1.30 bits per heavy atom. The van der Waals surface area contributed by atoms with E-state index in [0.29, 0.717) is 6.07 Å². The van der Waals surface area contributed by atoms with Crippen LogP contribution in [0.5, 0.6) is 0 Å². The van der Waals surface area contributed by atoms with Crippen LogP contribution in [0.1, 0.15) is 0 Å². The van der Waals surface area contributed by atoms with Crippen molar-refractivity contribution >= 4 is 5.82 Å². The molecule has 2 heterocycles. The van der Waals surface area contributed by atoms with Crippen LogP contribution in [0, 0.1) is 41.1 Å². The van der Waals surface area contributed by atoms with Gasteiger partial charge in [-0.2, -0.15) is 23.1 Å². The lowest BCUT2D eigenvalue weighted by atomic mass is 10.4. The number of aromatic nitrogens is 2. The van der Waals surface area contributed by atoms with Crippen LogP contribution in [0.3, 0.4) is 0 Å². The third kappa shape index (κ3) is 3.80. The average Bonchev–Trinajstić information content (AvgIpc) is 2.35. The van der Waals surface area contributed by atoms with Crippen molar-refractivity contribution < 1.29 is 30.7 Å². The first-order valence-electron chi connectivity index (χ1n) is 4.66. The molecule has 2 aromatic heterocycles. The highest BCUT2D eigenvalue weighted by Gasteiger charge is 2.10. The maximum atomic E-state index is 12.2. The largest absolute Gasteiger partial charge is 0.381 e. The van der Waals surface area contributed by atoms with E-state index in [2.05, 4.69) is 9.97 Å². The Hall–Kier alpha value is -2.39. The lowest BCUT2D eigenvalue weighted by molar-refractivity contribution is 0.407. The Labute approximate surface area is 106 Å². The summed E-state index contributed by atoms with van der Waals surface area (Å²) in [4.78, 5) is 5.02. The predicted molar refractivity (Wildman–Crippen MR) is 52.6 cm³/mol. The molecule has 2 aromatic rings. The third-order valence-corrected chi connectivity index (χ3v) is 1.76. The third-order valence-electron chi connectivity index (χ3n) is 1.76. The first kappa shape index (κ1) is 15.7. The van der Waals surface area contributed by atoms with Crippen LogP contribution in [-0.2, 0) is 0 Å². The maximum absolute atomic E-state index is 12.2. The van der Waals surface area contributed by atoms with Crippen molar-refractivity contribution in [3.05, 3.63) is 53.2 Å². The van der Waals surface area contributed by atoms with Crippen LogP contribution in [0.4, 0.5) is 36.6 Å². The first-order chi connectivity index (χ1) is 9.22. The molecule has 0 radical (unpaired) electrons. The number of pyridine rings is 2. The van der Waals surface area contributed by atoms with Crippen molar-refractivity contribution in [2.24, 2.45) is 0 Å². The van der Waals surface area contributed by atoms with Gasteiger partial charge in [0.25, 0.3) is 17.8 Å². The van der Waals surface area contributed by atoms with Gasteiger partial charge in [-0.15, -0.1) is 0 Å². The van der Waals surface area contributed by atoms with Gasteiger partial charge in [0.15, 0.2) is 29.1 Å². The van der Waals surface area contributed by atoms with Gasteiger partial charge in [-0.25, -0.2) is 17.6 Å². The van der Waals surface area contributed by atoms with Crippen LogP contribution in [0.15, 0.2) is 12.1 Å². The average molecular weight is 299 g/mol. The molecule has 0 atom stereocenters. The predicted octanol–water partition coefficient (Wildman–Crippen LogP) is 2.72. The Morgan fingerprint density at radius 1 is 0.600 bits per heavy atom. The summed E-state index contributed by atoms with van der Waals surface area (Å²) in [7, 11) is 0. The lowest BCUT2D eigenvalue weighted by Gasteiger charge is -1.94. The summed E-state index contributed by atoms with van der Waals surface area (Å²) in [5.41, 5.74) is 4.80. The van der Waals surface area contributed by atoms with Gasteiger partial charge in [-0.3, -0.25) is 0 Å². The summed E-state index contributed by atoms with van der Waals surface area (Å²) in [5.74, 6) is -10.7. The molecule has 10 heteroatoms. The second-order valence-electron chi connectivity index (χ2n) is 3.16. The summed E-state index contributed by atoms with van der Waals surface area (Å²) >= 11 is 0. The molecule has 0 bridgehead atoms. The van der Waals surface area contributed by atoms with Gasteiger partial charge < -0.3 is 5.73 Å². The number of nitrogen functional groups attached to an aromatic ring is 1. The highest BCUT2D eigenvalue weighted by molar-refractivity contribution is 5.29. The molecule has 2 rings (SSSR count). The Kier molecular flexibility index (Phi) is 4.83. The van der Waals surface area contributed by atoms with E-state index in [-0.39, 0.29) is 6.07 Å².